The van der Waals surface area contributed by atoms with E-state index in [1.54, 1.807) is 40.7 Å². The third-order valence-corrected chi connectivity index (χ3v) is 3.75. The lowest BCUT2D eigenvalue weighted by atomic mass is 9.95. The fourth-order valence-electron chi connectivity index (χ4n) is 2.75. The number of fused-ring (bicyclic) bond motifs is 1. The second-order valence-electron chi connectivity index (χ2n) is 7.62. The normalized spacial score (nSPS) is 34.7. The van der Waals surface area contributed by atoms with Gasteiger partial charge in [0.15, 0.2) is 12.1 Å². The molecule has 2 aliphatic rings. The topological polar surface area (TPSA) is 95.5 Å². The Morgan fingerprint density at radius 2 is 2.12 bits per heavy atom. The Morgan fingerprint density at radius 1 is 1.44 bits per heavy atom. The lowest BCUT2D eigenvalue weighted by Gasteiger charge is -2.49. The van der Waals surface area contributed by atoms with E-state index in [2.05, 4.69) is 11.9 Å². The summed E-state index contributed by atoms with van der Waals surface area (Å²) in [5.74, 6) is -0.850. The number of amides is 1. The lowest BCUT2D eigenvalue weighted by Crippen LogP contribution is -2.68. The van der Waals surface area contributed by atoms with Crippen LogP contribution in [0.3, 0.4) is 0 Å². The summed E-state index contributed by atoms with van der Waals surface area (Å²) in [7, 11) is 0. The molecule has 0 aromatic heterocycles. The highest BCUT2D eigenvalue weighted by molar-refractivity contribution is 5.68. The first-order valence-electron chi connectivity index (χ1n) is 8.40. The zero-order chi connectivity index (χ0) is 18.8. The van der Waals surface area contributed by atoms with E-state index in [0.29, 0.717) is 0 Å². The smallest absolute Gasteiger partial charge is 0.408 e. The molecule has 0 radical (unpaired) electrons. The molecule has 2 N–H and O–H groups in total. The van der Waals surface area contributed by atoms with Crippen molar-refractivity contribution in [3.05, 3.63) is 12.7 Å². The Labute approximate surface area is 148 Å². The molecule has 25 heavy (non-hydrogen) atoms. The zero-order valence-corrected chi connectivity index (χ0v) is 15.5. The summed E-state index contributed by atoms with van der Waals surface area (Å²) >= 11 is 0. The largest absolute Gasteiger partial charge is 0.444 e. The summed E-state index contributed by atoms with van der Waals surface area (Å²) < 4.78 is 28.0. The van der Waals surface area contributed by atoms with Gasteiger partial charge in [-0.25, -0.2) is 4.79 Å². The van der Waals surface area contributed by atoms with Crippen LogP contribution >= 0.6 is 0 Å². The van der Waals surface area contributed by atoms with Crippen molar-refractivity contribution < 1.29 is 33.6 Å². The summed E-state index contributed by atoms with van der Waals surface area (Å²) in [6, 6.07) is -0.857. The molecule has 2 saturated heterocycles. The minimum atomic E-state index is -1.05. The van der Waals surface area contributed by atoms with Crippen molar-refractivity contribution >= 4 is 6.09 Å². The average molecular weight is 359 g/mol. The molecule has 2 fully saturated rings. The van der Waals surface area contributed by atoms with Crippen molar-refractivity contribution in [3.63, 3.8) is 0 Å². The molecular weight excluding hydrogens is 330 g/mol. The number of carbonyl (C=O) groups excluding carboxylic acids is 1. The molecule has 0 aromatic carbocycles. The number of aliphatic hydroxyl groups is 1. The standard InChI is InChI=1S/C17H29NO7/c1-7-8-21-14-11(18-15(20)25-16(2,3)4)12(19)13-10(23-14)9-22-17(5,6)24-13/h7,10-14,19H,1,8-9H2,2-6H3,(H,18,20)/t10-,11-,12-,13-,14-/m1/s1. The number of aliphatic hydroxyl groups excluding tert-OH is 1. The number of carbonyl (C=O) groups is 1. The van der Waals surface area contributed by atoms with Crippen LogP contribution in [-0.4, -0.2) is 66.4 Å². The highest BCUT2D eigenvalue weighted by atomic mass is 16.8. The third kappa shape index (κ3) is 5.39. The second kappa shape index (κ2) is 7.59. The van der Waals surface area contributed by atoms with Crippen LogP contribution < -0.4 is 5.32 Å². The van der Waals surface area contributed by atoms with Gasteiger partial charge in [0, 0.05) is 0 Å². The van der Waals surface area contributed by atoms with Gasteiger partial charge in [0.1, 0.15) is 30.0 Å². The molecule has 5 atom stereocenters. The average Bonchev–Trinajstić information content (AvgIpc) is 2.47. The molecule has 0 unspecified atom stereocenters. The first-order valence-corrected chi connectivity index (χ1v) is 8.40. The predicted octanol–water partition coefficient (Wildman–Crippen LogP) is 1.32. The Morgan fingerprint density at radius 3 is 2.72 bits per heavy atom. The quantitative estimate of drug-likeness (QED) is 0.731. The summed E-state index contributed by atoms with van der Waals surface area (Å²) in [4.78, 5) is 12.1. The van der Waals surface area contributed by atoms with E-state index in [9.17, 15) is 9.90 Å². The monoisotopic (exact) mass is 359 g/mol. The molecule has 8 heteroatoms. The van der Waals surface area contributed by atoms with E-state index in [1.807, 2.05) is 0 Å². The fraction of sp³-hybridized carbons (Fsp3) is 0.824. The third-order valence-electron chi connectivity index (χ3n) is 3.75. The van der Waals surface area contributed by atoms with Crippen molar-refractivity contribution in [3.8, 4) is 0 Å². The molecule has 0 aliphatic carbocycles. The highest BCUT2D eigenvalue weighted by Gasteiger charge is 2.51. The van der Waals surface area contributed by atoms with Gasteiger partial charge in [-0.15, -0.1) is 6.58 Å². The van der Waals surface area contributed by atoms with Crippen molar-refractivity contribution in [1.82, 2.24) is 5.32 Å². The summed E-state index contributed by atoms with van der Waals surface area (Å²) in [6.07, 6.45) is -2.21. The van der Waals surface area contributed by atoms with Crippen molar-refractivity contribution in [1.29, 1.82) is 0 Å². The number of hydrogen-bond acceptors (Lipinski definition) is 7. The van der Waals surface area contributed by atoms with Gasteiger partial charge in [-0.05, 0) is 34.6 Å². The van der Waals surface area contributed by atoms with Crippen LogP contribution in [0.4, 0.5) is 4.79 Å². The Balaban J connectivity index is 2.13. The number of hydrogen-bond donors (Lipinski definition) is 2. The zero-order valence-electron chi connectivity index (χ0n) is 15.5. The maximum absolute atomic E-state index is 12.1. The molecule has 144 valence electrons. The van der Waals surface area contributed by atoms with Crippen LogP contribution in [0.15, 0.2) is 12.7 Å². The first kappa shape index (κ1) is 20.1. The molecule has 0 saturated carbocycles. The molecule has 1 amide bonds. The van der Waals surface area contributed by atoms with Crippen LogP contribution in [0.5, 0.6) is 0 Å². The van der Waals surface area contributed by atoms with E-state index in [-0.39, 0.29) is 13.2 Å². The van der Waals surface area contributed by atoms with Crippen LogP contribution in [-0.2, 0) is 23.7 Å². The number of nitrogens with one attached hydrogen (secondary N) is 1. The van der Waals surface area contributed by atoms with Gasteiger partial charge in [0.25, 0.3) is 0 Å². The first-order chi connectivity index (χ1) is 11.5. The van der Waals surface area contributed by atoms with E-state index >= 15 is 0 Å². The van der Waals surface area contributed by atoms with E-state index in [1.165, 1.54) is 0 Å². The van der Waals surface area contributed by atoms with E-state index < -0.39 is 48.1 Å². The van der Waals surface area contributed by atoms with E-state index in [0.717, 1.165) is 0 Å². The number of rotatable bonds is 4. The summed E-state index contributed by atoms with van der Waals surface area (Å²) in [6.45, 7) is 12.8. The molecule has 0 aromatic rings. The van der Waals surface area contributed by atoms with Crippen LogP contribution in [0.25, 0.3) is 0 Å². The Kier molecular flexibility index (Phi) is 6.11. The fourth-order valence-corrected chi connectivity index (χ4v) is 2.75. The van der Waals surface area contributed by atoms with Gasteiger partial charge in [-0.2, -0.15) is 0 Å². The van der Waals surface area contributed by atoms with Gasteiger partial charge in [0.05, 0.1) is 13.2 Å². The van der Waals surface area contributed by atoms with Gasteiger partial charge >= 0.3 is 6.09 Å². The molecule has 2 aliphatic heterocycles. The van der Waals surface area contributed by atoms with Crippen molar-refractivity contribution in [2.24, 2.45) is 0 Å². The maximum Gasteiger partial charge on any atom is 0.408 e. The van der Waals surface area contributed by atoms with Crippen LogP contribution in [0.2, 0.25) is 0 Å². The SMILES string of the molecule is C=CCO[C@@H]1O[C@@H]2COC(C)(C)O[C@H]2[C@H](O)[C@H]1NC(=O)OC(C)(C)C. The lowest BCUT2D eigenvalue weighted by molar-refractivity contribution is -0.368. The summed E-state index contributed by atoms with van der Waals surface area (Å²) in [5.41, 5.74) is -0.665. The molecular formula is C17H29NO7. The molecule has 0 bridgehead atoms. The molecule has 0 spiro atoms. The predicted molar refractivity (Wildman–Crippen MR) is 88.9 cm³/mol. The van der Waals surface area contributed by atoms with Crippen molar-refractivity contribution in [2.45, 2.75) is 76.7 Å². The van der Waals surface area contributed by atoms with E-state index in [4.69, 9.17) is 23.7 Å². The highest BCUT2D eigenvalue weighted by Crippen LogP contribution is 2.32. The molecule has 2 heterocycles. The van der Waals surface area contributed by atoms with Crippen LogP contribution in [0, 0.1) is 0 Å². The Hall–Kier alpha value is -1.19. The minimum absolute atomic E-state index is 0.203. The Bertz CT molecular complexity index is 488. The van der Waals surface area contributed by atoms with Crippen LogP contribution in [0.1, 0.15) is 34.6 Å². The van der Waals surface area contributed by atoms with Gasteiger partial charge in [-0.3, -0.25) is 0 Å². The van der Waals surface area contributed by atoms with Gasteiger partial charge in [-0.1, -0.05) is 6.08 Å². The van der Waals surface area contributed by atoms with Crippen molar-refractivity contribution in [2.75, 3.05) is 13.2 Å². The second-order valence-corrected chi connectivity index (χ2v) is 7.62. The van der Waals surface area contributed by atoms with Gasteiger partial charge < -0.3 is 34.1 Å². The number of ether oxygens (including phenoxy) is 5. The number of alkyl carbamates (subject to hydrolysis) is 1. The molecule has 2 rings (SSSR count). The van der Waals surface area contributed by atoms with Gasteiger partial charge in [0.2, 0.25) is 0 Å². The summed E-state index contributed by atoms with van der Waals surface area (Å²) in [5, 5.41) is 13.4. The minimum Gasteiger partial charge on any atom is -0.444 e. The maximum atomic E-state index is 12.1. The molecule has 8 nitrogen and oxygen atoms in total.